The first-order valence-electron chi connectivity index (χ1n) is 8.26. The summed E-state index contributed by atoms with van der Waals surface area (Å²) in [6.45, 7) is 6.34. The van der Waals surface area contributed by atoms with Gasteiger partial charge in [0.1, 0.15) is 5.82 Å². The Balaban J connectivity index is 1.76. The van der Waals surface area contributed by atoms with Crippen LogP contribution in [-0.4, -0.2) is 31.1 Å². The van der Waals surface area contributed by atoms with E-state index < -0.39 is 0 Å². The standard InChI is InChI=1S/C18H29FN2/c1-14-7-6-8-16(13-14)20-11-12-21(3)15(2)17-9-4-5-10-18(17)19/h4-5,9-10,14-16,20H,6-8,11-13H2,1-3H3. The SMILES string of the molecule is CC1CCCC(NCCN(C)C(C)c2ccccc2F)C1. The molecule has 0 spiro atoms. The average molecular weight is 292 g/mol. The Bertz CT molecular complexity index is 435. The minimum absolute atomic E-state index is 0.106. The lowest BCUT2D eigenvalue weighted by molar-refractivity contribution is 0.239. The molecule has 1 fully saturated rings. The summed E-state index contributed by atoms with van der Waals surface area (Å²) in [5, 5.41) is 3.67. The molecule has 0 aliphatic heterocycles. The molecule has 2 nitrogen and oxygen atoms in total. The van der Waals surface area contributed by atoms with E-state index in [4.69, 9.17) is 0 Å². The van der Waals surface area contributed by atoms with Gasteiger partial charge in [-0.15, -0.1) is 0 Å². The Morgan fingerprint density at radius 2 is 2.10 bits per heavy atom. The zero-order valence-corrected chi connectivity index (χ0v) is 13.6. The lowest BCUT2D eigenvalue weighted by Gasteiger charge is -2.30. The summed E-state index contributed by atoms with van der Waals surface area (Å²) < 4.78 is 13.8. The molecule has 1 N–H and O–H groups in total. The molecular formula is C18H29FN2. The topological polar surface area (TPSA) is 15.3 Å². The van der Waals surface area contributed by atoms with Gasteiger partial charge in [0, 0.05) is 30.7 Å². The lowest BCUT2D eigenvalue weighted by Crippen LogP contribution is -2.39. The molecule has 0 bridgehead atoms. The van der Waals surface area contributed by atoms with Crippen molar-refractivity contribution in [3.63, 3.8) is 0 Å². The average Bonchev–Trinajstić information content (AvgIpc) is 2.47. The molecule has 21 heavy (non-hydrogen) atoms. The molecule has 0 saturated heterocycles. The van der Waals surface area contributed by atoms with Crippen molar-refractivity contribution in [2.24, 2.45) is 5.92 Å². The number of nitrogens with one attached hydrogen (secondary N) is 1. The van der Waals surface area contributed by atoms with Crippen LogP contribution in [0.15, 0.2) is 24.3 Å². The predicted molar refractivity (Wildman–Crippen MR) is 86.9 cm³/mol. The molecule has 3 unspecified atom stereocenters. The van der Waals surface area contributed by atoms with Gasteiger partial charge in [0.15, 0.2) is 0 Å². The minimum Gasteiger partial charge on any atom is -0.313 e. The summed E-state index contributed by atoms with van der Waals surface area (Å²) in [6.07, 6.45) is 5.33. The van der Waals surface area contributed by atoms with E-state index in [2.05, 4.69) is 31.1 Å². The molecule has 0 heterocycles. The first kappa shape index (κ1) is 16.4. The second-order valence-corrected chi connectivity index (χ2v) is 6.60. The van der Waals surface area contributed by atoms with Gasteiger partial charge in [-0.3, -0.25) is 4.90 Å². The second-order valence-electron chi connectivity index (χ2n) is 6.60. The van der Waals surface area contributed by atoms with Crippen molar-refractivity contribution in [2.45, 2.75) is 51.6 Å². The van der Waals surface area contributed by atoms with Gasteiger partial charge in [-0.2, -0.15) is 0 Å². The highest BCUT2D eigenvalue weighted by Crippen LogP contribution is 2.24. The first-order chi connectivity index (χ1) is 10.1. The van der Waals surface area contributed by atoms with Gasteiger partial charge in [0.05, 0.1) is 0 Å². The number of rotatable bonds is 6. The molecule has 1 aliphatic rings. The number of hydrogen-bond donors (Lipinski definition) is 1. The number of nitrogens with zero attached hydrogens (tertiary/aromatic N) is 1. The zero-order valence-electron chi connectivity index (χ0n) is 13.6. The fourth-order valence-corrected chi connectivity index (χ4v) is 3.31. The highest BCUT2D eigenvalue weighted by molar-refractivity contribution is 5.20. The van der Waals surface area contributed by atoms with Crippen LogP contribution >= 0.6 is 0 Å². The van der Waals surface area contributed by atoms with Crippen molar-refractivity contribution in [1.29, 1.82) is 0 Å². The molecule has 3 atom stereocenters. The largest absolute Gasteiger partial charge is 0.313 e. The molecule has 2 rings (SSSR count). The Morgan fingerprint density at radius 1 is 1.33 bits per heavy atom. The maximum atomic E-state index is 13.8. The normalized spacial score (nSPS) is 24.2. The van der Waals surface area contributed by atoms with Gasteiger partial charge < -0.3 is 5.32 Å². The van der Waals surface area contributed by atoms with Crippen molar-refractivity contribution in [3.05, 3.63) is 35.6 Å². The third kappa shape index (κ3) is 4.79. The maximum absolute atomic E-state index is 13.8. The van der Waals surface area contributed by atoms with Crippen LogP contribution in [0.1, 0.15) is 51.1 Å². The Morgan fingerprint density at radius 3 is 2.81 bits per heavy atom. The quantitative estimate of drug-likeness (QED) is 0.853. The molecule has 118 valence electrons. The third-order valence-electron chi connectivity index (χ3n) is 4.85. The van der Waals surface area contributed by atoms with Gasteiger partial charge in [-0.25, -0.2) is 4.39 Å². The van der Waals surface area contributed by atoms with E-state index in [0.717, 1.165) is 24.6 Å². The minimum atomic E-state index is -0.106. The van der Waals surface area contributed by atoms with Crippen LogP contribution in [0.5, 0.6) is 0 Å². The maximum Gasteiger partial charge on any atom is 0.127 e. The van der Waals surface area contributed by atoms with Crippen LogP contribution in [-0.2, 0) is 0 Å². The van der Waals surface area contributed by atoms with Crippen molar-refractivity contribution < 1.29 is 4.39 Å². The third-order valence-corrected chi connectivity index (χ3v) is 4.85. The van der Waals surface area contributed by atoms with Gasteiger partial charge in [-0.05, 0) is 38.8 Å². The molecule has 0 radical (unpaired) electrons. The highest BCUT2D eigenvalue weighted by atomic mass is 19.1. The molecule has 3 heteroatoms. The summed E-state index contributed by atoms with van der Waals surface area (Å²) in [5.41, 5.74) is 0.784. The summed E-state index contributed by atoms with van der Waals surface area (Å²) in [7, 11) is 2.07. The van der Waals surface area contributed by atoms with Gasteiger partial charge >= 0.3 is 0 Å². The molecular weight excluding hydrogens is 263 g/mol. The number of likely N-dealkylation sites (N-methyl/N-ethyl adjacent to an activating group) is 1. The van der Waals surface area contributed by atoms with E-state index in [0.29, 0.717) is 6.04 Å². The van der Waals surface area contributed by atoms with E-state index in [1.54, 1.807) is 12.1 Å². The highest BCUT2D eigenvalue weighted by Gasteiger charge is 2.19. The number of halogens is 1. The molecule has 1 aliphatic carbocycles. The van der Waals surface area contributed by atoms with Gasteiger partial charge in [0.25, 0.3) is 0 Å². The van der Waals surface area contributed by atoms with Gasteiger partial charge in [0.2, 0.25) is 0 Å². The Hall–Kier alpha value is -0.930. The van der Waals surface area contributed by atoms with Crippen LogP contribution < -0.4 is 5.32 Å². The second kappa shape index (κ2) is 7.90. The van der Waals surface area contributed by atoms with Gasteiger partial charge in [-0.1, -0.05) is 38.0 Å². The molecule has 1 saturated carbocycles. The molecule has 1 aromatic carbocycles. The van der Waals surface area contributed by atoms with Crippen LogP contribution in [0.2, 0.25) is 0 Å². The van der Waals surface area contributed by atoms with E-state index in [1.165, 1.54) is 25.7 Å². The zero-order chi connectivity index (χ0) is 15.2. The summed E-state index contributed by atoms with van der Waals surface area (Å²) >= 11 is 0. The Labute approximate surface area is 128 Å². The van der Waals surface area contributed by atoms with Crippen LogP contribution in [0.4, 0.5) is 4.39 Å². The molecule has 0 aromatic heterocycles. The van der Waals surface area contributed by atoms with Crippen LogP contribution in [0.25, 0.3) is 0 Å². The summed E-state index contributed by atoms with van der Waals surface area (Å²) in [6, 6.07) is 7.86. The van der Waals surface area contributed by atoms with Crippen LogP contribution in [0.3, 0.4) is 0 Å². The fourth-order valence-electron chi connectivity index (χ4n) is 3.31. The predicted octanol–water partition coefficient (Wildman–Crippen LogP) is 3.99. The monoisotopic (exact) mass is 292 g/mol. The Kier molecular flexibility index (Phi) is 6.19. The van der Waals surface area contributed by atoms with E-state index >= 15 is 0 Å². The van der Waals surface area contributed by atoms with Crippen molar-refractivity contribution >= 4 is 0 Å². The van der Waals surface area contributed by atoms with E-state index in [1.807, 2.05) is 12.1 Å². The summed E-state index contributed by atoms with van der Waals surface area (Å²) in [4.78, 5) is 2.22. The lowest BCUT2D eigenvalue weighted by atomic mass is 9.87. The van der Waals surface area contributed by atoms with E-state index in [9.17, 15) is 4.39 Å². The van der Waals surface area contributed by atoms with Crippen LogP contribution in [0, 0.1) is 11.7 Å². The van der Waals surface area contributed by atoms with Crippen molar-refractivity contribution in [2.75, 3.05) is 20.1 Å². The number of hydrogen-bond acceptors (Lipinski definition) is 2. The van der Waals surface area contributed by atoms with E-state index in [-0.39, 0.29) is 11.9 Å². The van der Waals surface area contributed by atoms with Crippen molar-refractivity contribution in [3.8, 4) is 0 Å². The first-order valence-corrected chi connectivity index (χ1v) is 8.26. The smallest absolute Gasteiger partial charge is 0.127 e. The van der Waals surface area contributed by atoms with Crippen molar-refractivity contribution in [1.82, 2.24) is 10.2 Å². The summed E-state index contributed by atoms with van der Waals surface area (Å²) in [5.74, 6) is 0.747. The number of benzene rings is 1. The fraction of sp³-hybridized carbons (Fsp3) is 0.667. The molecule has 0 amide bonds. The molecule has 1 aromatic rings.